The van der Waals surface area contributed by atoms with E-state index in [1.807, 2.05) is 12.1 Å². The van der Waals surface area contributed by atoms with Crippen molar-refractivity contribution < 1.29 is 9.90 Å². The molecule has 0 aromatic carbocycles. The zero-order valence-corrected chi connectivity index (χ0v) is 11.2. The monoisotopic (exact) mass is 309 g/mol. The molecule has 0 spiro atoms. The molecule has 0 bridgehead atoms. The lowest BCUT2D eigenvalue weighted by atomic mass is 9.77. The molecule has 1 aliphatic rings. The summed E-state index contributed by atoms with van der Waals surface area (Å²) in [5, 5.41) is 18.4. The molecule has 0 saturated carbocycles. The second-order valence-electron chi connectivity index (χ2n) is 4.31. The van der Waals surface area contributed by atoms with Crippen molar-refractivity contribution in [2.24, 2.45) is 0 Å². The highest BCUT2D eigenvalue weighted by molar-refractivity contribution is 9.10. The van der Waals surface area contributed by atoms with Crippen molar-refractivity contribution in [2.45, 2.75) is 18.3 Å². The van der Waals surface area contributed by atoms with Gasteiger partial charge in [0.15, 0.2) is 0 Å². The Morgan fingerprint density at radius 3 is 2.67 bits per heavy atom. The molecule has 5 nitrogen and oxygen atoms in total. The van der Waals surface area contributed by atoms with Gasteiger partial charge >= 0.3 is 6.09 Å². The fourth-order valence-corrected chi connectivity index (χ4v) is 2.52. The van der Waals surface area contributed by atoms with E-state index < -0.39 is 11.5 Å². The fraction of sp³-hybridized carbons (Fsp3) is 0.417. The van der Waals surface area contributed by atoms with Crippen molar-refractivity contribution in [3.05, 3.63) is 28.5 Å². The Kier molecular flexibility index (Phi) is 3.53. The van der Waals surface area contributed by atoms with Crippen LogP contribution in [0.1, 0.15) is 18.5 Å². The number of amides is 1. The number of hydrogen-bond acceptors (Lipinski definition) is 3. The van der Waals surface area contributed by atoms with Gasteiger partial charge in [-0.1, -0.05) is 6.07 Å². The minimum atomic E-state index is -0.927. The minimum absolute atomic E-state index is 0.372. The molecular formula is C12H12BrN3O2. The van der Waals surface area contributed by atoms with Crippen LogP contribution in [0.25, 0.3) is 0 Å². The maximum Gasteiger partial charge on any atom is 0.407 e. The molecule has 1 N–H and O–H groups in total. The number of piperidine rings is 1. The quantitative estimate of drug-likeness (QED) is 0.808. The normalized spacial score (nSPS) is 18.1. The molecule has 6 heteroatoms. The summed E-state index contributed by atoms with van der Waals surface area (Å²) in [7, 11) is 0. The van der Waals surface area contributed by atoms with E-state index >= 15 is 0 Å². The Morgan fingerprint density at radius 1 is 1.50 bits per heavy atom. The van der Waals surface area contributed by atoms with E-state index in [4.69, 9.17) is 5.11 Å². The van der Waals surface area contributed by atoms with Crippen LogP contribution in [0, 0.1) is 11.3 Å². The Morgan fingerprint density at radius 2 is 2.17 bits per heavy atom. The van der Waals surface area contributed by atoms with Gasteiger partial charge in [0, 0.05) is 13.1 Å². The van der Waals surface area contributed by atoms with Crippen LogP contribution in [0.15, 0.2) is 22.8 Å². The van der Waals surface area contributed by atoms with Crippen LogP contribution in [0.3, 0.4) is 0 Å². The molecule has 1 fully saturated rings. The predicted molar refractivity (Wildman–Crippen MR) is 68.1 cm³/mol. The van der Waals surface area contributed by atoms with Crippen molar-refractivity contribution in [1.29, 1.82) is 5.26 Å². The number of nitriles is 1. The number of hydrogen-bond donors (Lipinski definition) is 1. The first-order chi connectivity index (χ1) is 8.57. The van der Waals surface area contributed by atoms with Crippen LogP contribution in [0.2, 0.25) is 0 Å². The van der Waals surface area contributed by atoms with Crippen molar-refractivity contribution in [3.63, 3.8) is 0 Å². The summed E-state index contributed by atoms with van der Waals surface area (Å²) in [4.78, 5) is 16.5. The Hall–Kier alpha value is -1.61. The Labute approximate surface area is 113 Å². The third kappa shape index (κ3) is 2.31. The van der Waals surface area contributed by atoms with Gasteiger partial charge in [-0.25, -0.2) is 9.78 Å². The van der Waals surface area contributed by atoms with E-state index in [-0.39, 0.29) is 0 Å². The van der Waals surface area contributed by atoms with Crippen LogP contribution < -0.4 is 0 Å². The van der Waals surface area contributed by atoms with Crippen molar-refractivity contribution in [2.75, 3.05) is 13.1 Å². The average Bonchev–Trinajstić information content (AvgIpc) is 2.38. The Bertz CT molecular complexity index is 504. The third-order valence-electron chi connectivity index (χ3n) is 3.31. The Balaban J connectivity index is 2.25. The lowest BCUT2D eigenvalue weighted by Gasteiger charge is -2.35. The number of carbonyl (C=O) groups is 1. The van der Waals surface area contributed by atoms with Crippen LogP contribution in [0.4, 0.5) is 4.79 Å². The van der Waals surface area contributed by atoms with Crippen LogP contribution >= 0.6 is 15.9 Å². The summed E-state index contributed by atoms with van der Waals surface area (Å²) in [6, 6.07) is 7.79. The van der Waals surface area contributed by atoms with Crippen molar-refractivity contribution >= 4 is 22.0 Å². The number of nitrogens with zero attached hydrogens (tertiary/aromatic N) is 3. The van der Waals surface area contributed by atoms with Gasteiger partial charge in [0.05, 0.1) is 11.8 Å². The standard InChI is InChI=1S/C12H12BrN3O2/c13-10-3-1-2-9(15-10)12(8-14)4-6-16(7-5-12)11(17)18/h1-3H,4-7H2,(H,17,18). The molecule has 1 amide bonds. The predicted octanol–water partition coefficient (Wildman–Crippen LogP) is 2.38. The molecule has 0 atom stereocenters. The van der Waals surface area contributed by atoms with Gasteiger partial charge in [0.2, 0.25) is 0 Å². The lowest BCUT2D eigenvalue weighted by molar-refractivity contribution is 0.124. The summed E-state index contributed by atoms with van der Waals surface area (Å²) in [6.07, 6.45) is 0.0436. The largest absolute Gasteiger partial charge is 0.465 e. The van der Waals surface area contributed by atoms with E-state index in [1.165, 1.54) is 4.90 Å². The zero-order chi connectivity index (χ0) is 13.2. The van der Waals surface area contributed by atoms with Gasteiger partial charge in [-0.05, 0) is 40.9 Å². The van der Waals surface area contributed by atoms with E-state index in [1.54, 1.807) is 6.07 Å². The average molecular weight is 310 g/mol. The maximum absolute atomic E-state index is 10.9. The molecule has 2 heterocycles. The van der Waals surface area contributed by atoms with Crippen molar-refractivity contribution in [3.8, 4) is 6.07 Å². The zero-order valence-electron chi connectivity index (χ0n) is 9.64. The van der Waals surface area contributed by atoms with E-state index in [0.717, 1.165) is 0 Å². The first-order valence-electron chi connectivity index (χ1n) is 5.59. The highest BCUT2D eigenvalue weighted by Gasteiger charge is 2.39. The molecule has 1 aromatic rings. The van der Waals surface area contributed by atoms with E-state index in [0.29, 0.717) is 36.2 Å². The molecule has 1 saturated heterocycles. The summed E-state index contributed by atoms with van der Waals surface area (Å²) < 4.78 is 0.690. The smallest absolute Gasteiger partial charge is 0.407 e. The molecule has 0 unspecified atom stereocenters. The molecule has 0 radical (unpaired) electrons. The number of carboxylic acid groups (broad SMARTS) is 1. The maximum atomic E-state index is 10.9. The highest BCUT2D eigenvalue weighted by Crippen LogP contribution is 2.34. The first-order valence-corrected chi connectivity index (χ1v) is 6.39. The van der Waals surface area contributed by atoms with Crippen molar-refractivity contribution in [1.82, 2.24) is 9.88 Å². The van der Waals surface area contributed by atoms with Gasteiger partial charge in [-0.2, -0.15) is 5.26 Å². The van der Waals surface area contributed by atoms with Crippen LogP contribution in [0.5, 0.6) is 0 Å². The molecule has 1 aliphatic heterocycles. The SMILES string of the molecule is N#CC1(c2cccc(Br)n2)CCN(C(=O)O)CC1. The molecule has 1 aromatic heterocycles. The summed E-state index contributed by atoms with van der Waals surface area (Å²) in [5.74, 6) is 0. The molecule has 2 rings (SSSR count). The molecule has 0 aliphatic carbocycles. The number of rotatable bonds is 1. The highest BCUT2D eigenvalue weighted by atomic mass is 79.9. The van der Waals surface area contributed by atoms with E-state index in [9.17, 15) is 10.1 Å². The van der Waals surface area contributed by atoms with Crippen LogP contribution in [-0.4, -0.2) is 34.2 Å². The number of halogens is 1. The number of likely N-dealkylation sites (tertiary alicyclic amines) is 1. The number of aromatic nitrogens is 1. The second-order valence-corrected chi connectivity index (χ2v) is 5.12. The summed E-state index contributed by atoms with van der Waals surface area (Å²) in [5.41, 5.74) is 0.0415. The molecule has 18 heavy (non-hydrogen) atoms. The summed E-state index contributed by atoms with van der Waals surface area (Å²) in [6.45, 7) is 0.744. The van der Waals surface area contributed by atoms with E-state index in [2.05, 4.69) is 27.0 Å². The molecule has 94 valence electrons. The third-order valence-corrected chi connectivity index (χ3v) is 3.75. The number of pyridine rings is 1. The van der Waals surface area contributed by atoms with Crippen LogP contribution in [-0.2, 0) is 5.41 Å². The van der Waals surface area contributed by atoms with Gasteiger partial charge in [0.1, 0.15) is 10.0 Å². The second kappa shape index (κ2) is 4.94. The molecular weight excluding hydrogens is 298 g/mol. The van der Waals surface area contributed by atoms with Gasteiger partial charge in [0.25, 0.3) is 0 Å². The summed E-state index contributed by atoms with van der Waals surface area (Å²) >= 11 is 3.29. The first kappa shape index (κ1) is 12.8. The van der Waals surface area contributed by atoms with Gasteiger partial charge < -0.3 is 10.0 Å². The fourth-order valence-electron chi connectivity index (χ4n) is 2.18. The lowest BCUT2D eigenvalue weighted by Crippen LogP contribution is -2.44. The van der Waals surface area contributed by atoms with Gasteiger partial charge in [-0.15, -0.1) is 0 Å². The van der Waals surface area contributed by atoms with Gasteiger partial charge in [-0.3, -0.25) is 0 Å². The minimum Gasteiger partial charge on any atom is -0.465 e. The topological polar surface area (TPSA) is 77.2 Å².